The number of oxime groups is 2. The number of ether oxygens (including phenoxy) is 2. The van der Waals surface area contributed by atoms with Gasteiger partial charge < -0.3 is 19.1 Å². The maximum atomic E-state index is 14.1. The summed E-state index contributed by atoms with van der Waals surface area (Å²) in [5.41, 5.74) is -0.513. The second-order valence-electron chi connectivity index (χ2n) is 5.87. The highest BCUT2D eigenvalue weighted by Crippen LogP contribution is 2.23. The number of benzene rings is 2. The molecule has 0 unspecified atom stereocenters. The van der Waals surface area contributed by atoms with Crippen LogP contribution in [0.5, 0.6) is 0 Å². The summed E-state index contributed by atoms with van der Waals surface area (Å²) in [5.74, 6) is -4.21. The average molecular weight is 459 g/mol. The fourth-order valence-corrected chi connectivity index (χ4v) is 2.81. The van der Waals surface area contributed by atoms with E-state index in [1.807, 2.05) is 0 Å². The van der Waals surface area contributed by atoms with Crippen molar-refractivity contribution in [1.29, 1.82) is 0 Å². The van der Waals surface area contributed by atoms with E-state index in [-0.39, 0.29) is 40.8 Å². The number of carbonyl (C=O) groups is 1. The second kappa shape index (κ2) is 11.3. The van der Waals surface area contributed by atoms with Gasteiger partial charge in [0.15, 0.2) is 5.71 Å². The van der Waals surface area contributed by atoms with Gasteiger partial charge in [-0.3, -0.25) is 0 Å². The Balaban J connectivity index is 2.40. The molecule has 0 aliphatic rings. The van der Waals surface area contributed by atoms with Gasteiger partial charge in [-0.25, -0.2) is 18.0 Å². The fourth-order valence-electron chi connectivity index (χ4n) is 2.59. The first-order chi connectivity index (χ1) is 14.8. The second-order valence-corrected chi connectivity index (χ2v) is 6.28. The molecule has 0 N–H and O–H groups in total. The average Bonchev–Trinajstić information content (AvgIpc) is 2.72. The Labute approximate surface area is 181 Å². The van der Waals surface area contributed by atoms with Crippen LogP contribution in [0.1, 0.15) is 16.7 Å². The van der Waals surface area contributed by atoms with E-state index in [2.05, 4.69) is 15.1 Å². The third-order valence-corrected chi connectivity index (χ3v) is 4.25. The molecule has 0 atom stereocenters. The summed E-state index contributed by atoms with van der Waals surface area (Å²) in [4.78, 5) is 22.0. The molecule has 0 aromatic heterocycles. The van der Waals surface area contributed by atoms with Crippen molar-refractivity contribution in [3.63, 3.8) is 0 Å². The Morgan fingerprint density at radius 3 is 2.32 bits per heavy atom. The zero-order valence-electron chi connectivity index (χ0n) is 16.7. The third kappa shape index (κ3) is 5.96. The summed E-state index contributed by atoms with van der Waals surface area (Å²) in [5, 5.41) is 7.58. The maximum absolute atomic E-state index is 14.1. The first-order valence-electron chi connectivity index (χ1n) is 8.63. The molecular weight excluding hydrogens is 441 g/mol. The van der Waals surface area contributed by atoms with Crippen LogP contribution in [0.15, 0.2) is 40.6 Å². The summed E-state index contributed by atoms with van der Waals surface area (Å²) in [6, 6.07) is 5.65. The van der Waals surface area contributed by atoms with Gasteiger partial charge in [-0.2, -0.15) is 0 Å². The van der Waals surface area contributed by atoms with E-state index in [1.54, 1.807) is 6.07 Å². The Bertz CT molecular complexity index is 991. The fraction of sp³-hybridized carbons (Fsp3) is 0.250. The number of nitrogens with zero attached hydrogens (tertiary/aromatic N) is 2. The van der Waals surface area contributed by atoms with Gasteiger partial charge in [0.2, 0.25) is 0 Å². The van der Waals surface area contributed by atoms with Gasteiger partial charge in [0.25, 0.3) is 0 Å². The lowest BCUT2D eigenvalue weighted by Crippen LogP contribution is -2.20. The standard InChI is InChI=1S/C20H18ClF3N2O5/c1-28-10-17(18-15(23)7-11(22)8-16(18)24)25-31-9-13-12(5-4-6-14(13)21)19(26-30-3)20(27)29-2/h4-8H,9-10H2,1-3H3/b25-17+,26-19+. The topological polar surface area (TPSA) is 78.7 Å². The minimum atomic E-state index is -1.17. The van der Waals surface area contributed by atoms with Crippen LogP contribution in [-0.4, -0.2) is 45.3 Å². The molecule has 0 saturated carbocycles. The molecule has 166 valence electrons. The largest absolute Gasteiger partial charge is 0.464 e. The van der Waals surface area contributed by atoms with Gasteiger partial charge in [-0.15, -0.1) is 0 Å². The molecule has 0 aliphatic heterocycles. The zero-order chi connectivity index (χ0) is 23.0. The molecule has 0 amide bonds. The van der Waals surface area contributed by atoms with E-state index in [9.17, 15) is 18.0 Å². The van der Waals surface area contributed by atoms with Crippen molar-refractivity contribution in [1.82, 2.24) is 0 Å². The molecule has 0 radical (unpaired) electrons. The molecule has 0 aliphatic carbocycles. The van der Waals surface area contributed by atoms with E-state index in [1.165, 1.54) is 33.5 Å². The lowest BCUT2D eigenvalue weighted by atomic mass is 10.0. The number of halogens is 4. The van der Waals surface area contributed by atoms with Crippen LogP contribution in [0.3, 0.4) is 0 Å². The number of methoxy groups -OCH3 is 2. The summed E-state index contributed by atoms with van der Waals surface area (Å²) in [7, 11) is 3.70. The molecule has 0 heterocycles. The number of rotatable bonds is 9. The third-order valence-electron chi connectivity index (χ3n) is 3.90. The molecule has 31 heavy (non-hydrogen) atoms. The predicted molar refractivity (Wildman–Crippen MR) is 107 cm³/mol. The van der Waals surface area contributed by atoms with E-state index in [4.69, 9.17) is 25.9 Å². The van der Waals surface area contributed by atoms with Crippen molar-refractivity contribution >= 4 is 29.0 Å². The van der Waals surface area contributed by atoms with Crippen LogP contribution < -0.4 is 0 Å². The predicted octanol–water partition coefficient (Wildman–Crippen LogP) is 3.85. The zero-order valence-corrected chi connectivity index (χ0v) is 17.5. The Kier molecular flexibility index (Phi) is 8.83. The minimum absolute atomic E-state index is 0.178. The lowest BCUT2D eigenvalue weighted by molar-refractivity contribution is -0.132. The van der Waals surface area contributed by atoms with Crippen LogP contribution in [0.25, 0.3) is 0 Å². The van der Waals surface area contributed by atoms with Crippen molar-refractivity contribution in [3.05, 3.63) is 69.5 Å². The highest BCUT2D eigenvalue weighted by atomic mass is 35.5. The van der Waals surface area contributed by atoms with Crippen LogP contribution in [-0.2, 0) is 30.6 Å². The van der Waals surface area contributed by atoms with Gasteiger partial charge in [-0.05, 0) is 6.07 Å². The Morgan fingerprint density at radius 2 is 1.74 bits per heavy atom. The molecule has 0 bridgehead atoms. The normalized spacial score (nSPS) is 12.0. The summed E-state index contributed by atoms with van der Waals surface area (Å²) in [6.45, 7) is -0.639. The quantitative estimate of drug-likeness (QED) is 0.324. The first kappa shape index (κ1) is 24.2. The van der Waals surface area contributed by atoms with Crippen LogP contribution >= 0.6 is 11.6 Å². The molecule has 2 aromatic carbocycles. The van der Waals surface area contributed by atoms with Crippen molar-refractivity contribution < 1.29 is 37.1 Å². The molecule has 0 fully saturated rings. The minimum Gasteiger partial charge on any atom is -0.464 e. The Morgan fingerprint density at radius 1 is 1.06 bits per heavy atom. The molecule has 11 heteroatoms. The lowest BCUT2D eigenvalue weighted by Gasteiger charge is -2.12. The van der Waals surface area contributed by atoms with Crippen LogP contribution in [0.4, 0.5) is 13.2 Å². The number of hydrogen-bond acceptors (Lipinski definition) is 7. The van der Waals surface area contributed by atoms with E-state index >= 15 is 0 Å². The van der Waals surface area contributed by atoms with E-state index < -0.39 is 29.0 Å². The first-order valence-corrected chi connectivity index (χ1v) is 9.01. The van der Waals surface area contributed by atoms with Crippen LogP contribution in [0, 0.1) is 17.5 Å². The molecule has 0 saturated heterocycles. The van der Waals surface area contributed by atoms with Crippen LogP contribution in [0.2, 0.25) is 5.02 Å². The van der Waals surface area contributed by atoms with Crippen molar-refractivity contribution in [2.75, 3.05) is 27.9 Å². The number of esters is 1. The summed E-state index contributed by atoms with van der Waals surface area (Å²) >= 11 is 6.22. The monoisotopic (exact) mass is 458 g/mol. The van der Waals surface area contributed by atoms with Crippen molar-refractivity contribution in [2.24, 2.45) is 10.3 Å². The molecule has 0 spiro atoms. The van der Waals surface area contributed by atoms with Gasteiger partial charge in [-0.1, -0.05) is 34.0 Å². The molecule has 2 aromatic rings. The van der Waals surface area contributed by atoms with Gasteiger partial charge in [0.1, 0.15) is 36.9 Å². The summed E-state index contributed by atoms with van der Waals surface area (Å²) in [6.07, 6.45) is 0. The number of hydrogen-bond donors (Lipinski definition) is 0. The SMILES string of the molecule is COC/C(=N\OCc1c(Cl)cccc1/C(=N\OC)C(=O)OC)c1c(F)cc(F)cc1F. The highest BCUT2D eigenvalue weighted by molar-refractivity contribution is 6.44. The van der Waals surface area contributed by atoms with Gasteiger partial charge in [0, 0.05) is 35.4 Å². The smallest absolute Gasteiger partial charge is 0.360 e. The van der Waals surface area contributed by atoms with E-state index in [0.717, 1.165) is 0 Å². The highest BCUT2D eigenvalue weighted by Gasteiger charge is 2.22. The van der Waals surface area contributed by atoms with Crippen molar-refractivity contribution in [2.45, 2.75) is 6.61 Å². The van der Waals surface area contributed by atoms with Crippen molar-refractivity contribution in [3.8, 4) is 0 Å². The van der Waals surface area contributed by atoms with Gasteiger partial charge in [0.05, 0.1) is 19.3 Å². The molecule has 7 nitrogen and oxygen atoms in total. The Hall–Kier alpha value is -3.11. The van der Waals surface area contributed by atoms with E-state index in [0.29, 0.717) is 12.1 Å². The maximum Gasteiger partial charge on any atom is 0.360 e. The molecular formula is C20H18ClF3N2O5. The number of carbonyl (C=O) groups excluding carboxylic acids is 1. The summed E-state index contributed by atoms with van der Waals surface area (Å²) < 4.78 is 51.0. The van der Waals surface area contributed by atoms with Gasteiger partial charge >= 0.3 is 5.97 Å². The molecule has 2 rings (SSSR count).